The lowest BCUT2D eigenvalue weighted by atomic mass is 9.89. The molecule has 8 rings (SSSR count). The van der Waals surface area contributed by atoms with Gasteiger partial charge in [0.2, 0.25) is 0 Å². The summed E-state index contributed by atoms with van der Waals surface area (Å²) in [6.07, 6.45) is 3.18. The molecule has 0 spiro atoms. The van der Waals surface area contributed by atoms with Crippen LogP contribution in [-0.4, -0.2) is 6.72 Å². The SMILES string of the molecule is C=N/C(=C\C(c1ccccc1)c1ccccc1)c1ccc(-c2ccc(C)cc2)cc1.CC.CCc1c(C)c(N)c(Nc2cccc3ccccc23)c2ccccc12. The summed E-state index contributed by atoms with van der Waals surface area (Å²) in [4.78, 5) is 4.37. The van der Waals surface area contributed by atoms with Crippen molar-refractivity contribution in [2.75, 3.05) is 11.1 Å². The number of allylic oxidation sites excluding steroid dienone is 1. The van der Waals surface area contributed by atoms with Gasteiger partial charge in [-0.15, -0.1) is 0 Å². The molecule has 0 atom stereocenters. The standard InChI is InChI=1S/C29H25N.C23H22N2.C2H6/c1-22-13-15-23(16-14-22)24-17-19-27(20-18-24)29(30-2)21-28(25-9-5-3-6-10-25)26-11-7-4-8-12-26;1-3-17-15(2)22(24)23(20-13-7-6-12-19(17)20)25-21-14-8-10-16-9-4-5-11-18(16)21;1-2/h3-21,28H,2H2,1H3;4-14,25H,3,24H2,1-2H3;1-2H3/b29-21-;;. The van der Waals surface area contributed by atoms with Crippen LogP contribution in [0, 0.1) is 13.8 Å². The molecule has 0 heterocycles. The molecule has 0 saturated carbocycles. The van der Waals surface area contributed by atoms with Gasteiger partial charge < -0.3 is 11.1 Å². The van der Waals surface area contributed by atoms with Crippen molar-refractivity contribution in [2.45, 2.75) is 47.0 Å². The van der Waals surface area contributed by atoms with E-state index in [1.54, 1.807) is 0 Å². The minimum Gasteiger partial charge on any atom is -0.397 e. The van der Waals surface area contributed by atoms with Gasteiger partial charge in [0.05, 0.1) is 17.1 Å². The van der Waals surface area contributed by atoms with Gasteiger partial charge in [-0.3, -0.25) is 4.99 Å². The van der Waals surface area contributed by atoms with Crippen LogP contribution in [0.2, 0.25) is 0 Å². The average molecular weight is 744 g/mol. The van der Waals surface area contributed by atoms with Crippen LogP contribution in [0.3, 0.4) is 0 Å². The normalized spacial score (nSPS) is 11.0. The van der Waals surface area contributed by atoms with Gasteiger partial charge >= 0.3 is 0 Å². The van der Waals surface area contributed by atoms with Gasteiger partial charge in [0.1, 0.15) is 0 Å². The highest BCUT2D eigenvalue weighted by Gasteiger charge is 2.16. The first kappa shape index (κ1) is 40.0. The van der Waals surface area contributed by atoms with E-state index in [0.29, 0.717) is 0 Å². The van der Waals surface area contributed by atoms with Gasteiger partial charge in [0.15, 0.2) is 0 Å². The number of rotatable bonds is 9. The van der Waals surface area contributed by atoms with Gasteiger partial charge in [-0.25, -0.2) is 0 Å². The minimum absolute atomic E-state index is 0.115. The molecular weight excluding hydrogens is 691 g/mol. The summed E-state index contributed by atoms with van der Waals surface area (Å²) in [5.74, 6) is 0.115. The Balaban J connectivity index is 0.000000187. The number of nitrogens with zero attached hydrogens (tertiary/aromatic N) is 1. The Morgan fingerprint density at radius 1 is 0.614 bits per heavy atom. The predicted octanol–water partition coefficient (Wildman–Crippen LogP) is 14.8. The third kappa shape index (κ3) is 9.23. The molecule has 0 fully saturated rings. The number of benzene rings is 8. The van der Waals surface area contributed by atoms with Crippen molar-refractivity contribution < 1.29 is 0 Å². The predicted molar refractivity (Wildman–Crippen MR) is 250 cm³/mol. The summed E-state index contributed by atoms with van der Waals surface area (Å²) in [7, 11) is 0. The largest absolute Gasteiger partial charge is 0.397 e. The van der Waals surface area contributed by atoms with Gasteiger partial charge in [-0.1, -0.05) is 196 Å². The van der Waals surface area contributed by atoms with E-state index in [4.69, 9.17) is 5.73 Å². The van der Waals surface area contributed by atoms with E-state index in [1.165, 1.54) is 60.5 Å². The molecule has 3 heteroatoms. The lowest BCUT2D eigenvalue weighted by Gasteiger charge is -2.19. The van der Waals surface area contributed by atoms with Crippen molar-refractivity contribution in [3.8, 4) is 11.1 Å². The molecule has 0 saturated heterocycles. The number of hydrogen-bond acceptors (Lipinski definition) is 3. The number of nitrogens with two attached hydrogens (primary N) is 1. The zero-order valence-corrected chi connectivity index (χ0v) is 33.8. The fourth-order valence-corrected chi connectivity index (χ4v) is 7.40. The smallest absolute Gasteiger partial charge is 0.0700 e. The zero-order valence-electron chi connectivity index (χ0n) is 33.8. The average Bonchev–Trinajstić information content (AvgIpc) is 3.28. The molecule has 0 aliphatic heterocycles. The summed E-state index contributed by atoms with van der Waals surface area (Å²) in [6.45, 7) is 14.3. The van der Waals surface area contributed by atoms with Gasteiger partial charge in [0, 0.05) is 22.4 Å². The third-order valence-corrected chi connectivity index (χ3v) is 10.4. The Labute approximate surface area is 339 Å². The minimum atomic E-state index is 0.115. The van der Waals surface area contributed by atoms with Gasteiger partial charge in [-0.05, 0) is 88.8 Å². The van der Waals surface area contributed by atoms with Crippen LogP contribution in [0.25, 0.3) is 38.4 Å². The Kier molecular flexibility index (Phi) is 13.5. The van der Waals surface area contributed by atoms with Crippen LogP contribution in [0.1, 0.15) is 60.1 Å². The van der Waals surface area contributed by atoms with Gasteiger partial charge in [-0.2, -0.15) is 0 Å². The molecule has 0 aliphatic carbocycles. The molecule has 0 radical (unpaired) electrons. The molecule has 0 unspecified atom stereocenters. The molecule has 3 nitrogen and oxygen atoms in total. The Morgan fingerprint density at radius 2 is 1.12 bits per heavy atom. The Hall–Kier alpha value is -6.71. The number of aliphatic imine (C=N–C) groups is 1. The van der Waals surface area contributed by atoms with Crippen LogP contribution in [0.15, 0.2) is 187 Å². The number of fused-ring (bicyclic) bond motifs is 2. The van der Waals surface area contributed by atoms with Crippen LogP contribution < -0.4 is 11.1 Å². The van der Waals surface area contributed by atoms with Crippen LogP contribution >= 0.6 is 0 Å². The van der Waals surface area contributed by atoms with E-state index >= 15 is 0 Å². The molecule has 284 valence electrons. The van der Waals surface area contributed by atoms with E-state index < -0.39 is 0 Å². The number of aryl methyl sites for hydroxylation is 2. The lowest BCUT2D eigenvalue weighted by molar-refractivity contribution is 1.02. The van der Waals surface area contributed by atoms with Crippen LogP contribution in [-0.2, 0) is 6.42 Å². The lowest BCUT2D eigenvalue weighted by Crippen LogP contribution is -2.03. The Bertz CT molecular complexity index is 2520. The molecular formula is C54H53N3. The third-order valence-electron chi connectivity index (χ3n) is 10.4. The molecule has 8 aromatic carbocycles. The van der Waals surface area contributed by atoms with Crippen LogP contribution in [0.5, 0.6) is 0 Å². The molecule has 0 aliphatic rings. The van der Waals surface area contributed by atoms with Crippen molar-refractivity contribution in [2.24, 2.45) is 4.99 Å². The van der Waals surface area contributed by atoms with Crippen molar-refractivity contribution >= 4 is 51.0 Å². The van der Waals surface area contributed by atoms with Crippen molar-refractivity contribution in [3.63, 3.8) is 0 Å². The Morgan fingerprint density at radius 3 is 1.70 bits per heavy atom. The van der Waals surface area contributed by atoms with Crippen molar-refractivity contribution in [3.05, 3.63) is 215 Å². The zero-order chi connectivity index (χ0) is 40.1. The fraction of sp³-hybridized carbons (Fsp3) is 0.130. The summed E-state index contributed by atoms with van der Waals surface area (Å²) < 4.78 is 0. The van der Waals surface area contributed by atoms with E-state index in [2.05, 4.69) is 208 Å². The molecule has 0 amide bonds. The fourth-order valence-electron chi connectivity index (χ4n) is 7.40. The second-order valence-corrected chi connectivity index (χ2v) is 13.9. The maximum atomic E-state index is 6.55. The van der Waals surface area contributed by atoms with Gasteiger partial charge in [0.25, 0.3) is 0 Å². The van der Waals surface area contributed by atoms with E-state index in [1.807, 2.05) is 26.0 Å². The molecule has 0 aromatic heterocycles. The molecule has 57 heavy (non-hydrogen) atoms. The number of hydrogen-bond donors (Lipinski definition) is 2. The summed E-state index contributed by atoms with van der Waals surface area (Å²) >= 11 is 0. The van der Waals surface area contributed by atoms with Crippen molar-refractivity contribution in [1.29, 1.82) is 0 Å². The summed E-state index contributed by atoms with van der Waals surface area (Å²) in [5.41, 5.74) is 20.1. The monoisotopic (exact) mass is 743 g/mol. The second-order valence-electron chi connectivity index (χ2n) is 13.9. The highest BCUT2D eigenvalue weighted by molar-refractivity contribution is 6.06. The molecule has 3 N–H and O–H groups in total. The first-order chi connectivity index (χ1) is 27.9. The summed E-state index contributed by atoms with van der Waals surface area (Å²) in [5, 5.41) is 8.50. The number of nitrogen functional groups attached to an aromatic ring is 1. The number of anilines is 3. The van der Waals surface area contributed by atoms with Crippen molar-refractivity contribution in [1.82, 2.24) is 0 Å². The maximum Gasteiger partial charge on any atom is 0.0700 e. The van der Waals surface area contributed by atoms with Crippen LogP contribution in [0.4, 0.5) is 17.1 Å². The van der Waals surface area contributed by atoms with E-state index in [9.17, 15) is 0 Å². The molecule has 8 aromatic rings. The first-order valence-electron chi connectivity index (χ1n) is 20.0. The number of nitrogens with one attached hydrogen (secondary N) is 1. The maximum absolute atomic E-state index is 6.55. The van der Waals surface area contributed by atoms with E-state index in [0.717, 1.165) is 34.7 Å². The highest BCUT2D eigenvalue weighted by Crippen LogP contribution is 2.39. The summed E-state index contributed by atoms with van der Waals surface area (Å²) in [6, 6.07) is 61.5. The highest BCUT2D eigenvalue weighted by atomic mass is 14.9. The quantitative estimate of drug-likeness (QED) is 0.114. The molecule has 0 bridgehead atoms. The second kappa shape index (κ2) is 19.2. The first-order valence-corrected chi connectivity index (χ1v) is 20.0. The van der Waals surface area contributed by atoms with E-state index in [-0.39, 0.29) is 5.92 Å². The topological polar surface area (TPSA) is 50.4 Å².